The van der Waals surface area contributed by atoms with Gasteiger partial charge >= 0.3 is 0 Å². The molecule has 4 rings (SSSR count). The molecule has 0 aliphatic heterocycles. The first-order chi connectivity index (χ1) is 16.0. The third-order valence-electron chi connectivity index (χ3n) is 4.99. The normalized spacial score (nSPS) is 10.9. The molecule has 0 aromatic heterocycles. The molecular formula is C25H19N3O5. The average molecular weight is 441 g/mol. The number of nitro groups is 1. The van der Waals surface area contributed by atoms with E-state index in [0.717, 1.165) is 34.5 Å². The Morgan fingerprint density at radius 1 is 1.03 bits per heavy atom. The Morgan fingerprint density at radius 2 is 1.79 bits per heavy atom. The molecule has 8 heteroatoms. The highest BCUT2D eigenvalue weighted by Crippen LogP contribution is 2.24. The van der Waals surface area contributed by atoms with Crippen LogP contribution in [0, 0.1) is 10.1 Å². The van der Waals surface area contributed by atoms with Crippen LogP contribution < -0.4 is 10.2 Å². The van der Waals surface area contributed by atoms with Gasteiger partial charge in [0, 0.05) is 17.7 Å². The SMILES string of the molecule is O=C(N/N=C/c1ccccc1OCc1cccc2ccccc12)c1cc([N+](=O)[O-])ccc1O. The minimum absolute atomic E-state index is 0.248. The van der Waals surface area contributed by atoms with Crippen LogP contribution in [0.3, 0.4) is 0 Å². The number of ether oxygens (including phenoxy) is 1. The molecule has 0 aliphatic rings. The Kier molecular flexibility index (Phi) is 6.26. The quantitative estimate of drug-likeness (QED) is 0.243. The van der Waals surface area contributed by atoms with E-state index < -0.39 is 10.8 Å². The highest BCUT2D eigenvalue weighted by molar-refractivity contribution is 5.98. The molecule has 0 spiro atoms. The van der Waals surface area contributed by atoms with Crippen molar-refractivity contribution in [3.63, 3.8) is 0 Å². The number of phenolic OH excluding ortho intramolecular Hbond substituents is 1. The minimum atomic E-state index is -0.776. The molecule has 1 amide bonds. The Bertz CT molecular complexity index is 1360. The Labute approximate surface area is 188 Å². The highest BCUT2D eigenvalue weighted by atomic mass is 16.6. The lowest BCUT2D eigenvalue weighted by molar-refractivity contribution is -0.384. The van der Waals surface area contributed by atoms with Gasteiger partial charge in [0.25, 0.3) is 11.6 Å². The van der Waals surface area contributed by atoms with Gasteiger partial charge in [-0.15, -0.1) is 0 Å². The van der Waals surface area contributed by atoms with Crippen LogP contribution in [0.25, 0.3) is 10.8 Å². The summed E-state index contributed by atoms with van der Waals surface area (Å²) in [4.78, 5) is 22.6. The molecule has 0 atom stereocenters. The summed E-state index contributed by atoms with van der Waals surface area (Å²) in [5.74, 6) is -0.588. The number of para-hydroxylation sites is 1. The number of hydrazone groups is 1. The van der Waals surface area contributed by atoms with Crippen molar-refractivity contribution < 1.29 is 19.6 Å². The van der Waals surface area contributed by atoms with Crippen molar-refractivity contribution in [2.75, 3.05) is 0 Å². The number of non-ortho nitro benzene ring substituents is 1. The van der Waals surface area contributed by atoms with Gasteiger partial charge in [0.1, 0.15) is 18.1 Å². The number of phenols is 1. The van der Waals surface area contributed by atoms with Crippen LogP contribution in [0.15, 0.2) is 90.0 Å². The van der Waals surface area contributed by atoms with Gasteiger partial charge in [-0.25, -0.2) is 5.43 Å². The van der Waals surface area contributed by atoms with Gasteiger partial charge in [-0.05, 0) is 34.5 Å². The van der Waals surface area contributed by atoms with Gasteiger partial charge < -0.3 is 9.84 Å². The number of amides is 1. The first-order valence-electron chi connectivity index (χ1n) is 10.0. The number of nitrogens with one attached hydrogen (secondary N) is 1. The maximum Gasteiger partial charge on any atom is 0.275 e. The van der Waals surface area contributed by atoms with E-state index in [2.05, 4.69) is 10.5 Å². The second-order valence-electron chi connectivity index (χ2n) is 7.12. The minimum Gasteiger partial charge on any atom is -0.507 e. The number of carbonyl (C=O) groups is 1. The van der Waals surface area contributed by atoms with Gasteiger partial charge in [0.05, 0.1) is 16.7 Å². The predicted octanol–water partition coefficient (Wildman–Crippen LogP) is 4.80. The van der Waals surface area contributed by atoms with Crippen molar-refractivity contribution in [2.24, 2.45) is 5.10 Å². The fourth-order valence-electron chi connectivity index (χ4n) is 3.33. The van der Waals surface area contributed by atoms with Crippen molar-refractivity contribution in [1.29, 1.82) is 0 Å². The number of carbonyl (C=O) groups excluding carboxylic acids is 1. The molecule has 0 saturated heterocycles. The largest absolute Gasteiger partial charge is 0.507 e. The van der Waals surface area contributed by atoms with E-state index in [9.17, 15) is 20.0 Å². The maximum atomic E-state index is 12.3. The van der Waals surface area contributed by atoms with E-state index in [1.54, 1.807) is 18.2 Å². The fourth-order valence-corrected chi connectivity index (χ4v) is 3.33. The molecule has 4 aromatic carbocycles. The van der Waals surface area contributed by atoms with Crippen molar-refractivity contribution in [2.45, 2.75) is 6.61 Å². The summed E-state index contributed by atoms with van der Waals surface area (Å²) in [6.07, 6.45) is 1.41. The van der Waals surface area contributed by atoms with Gasteiger partial charge in [-0.1, -0.05) is 54.6 Å². The summed E-state index contributed by atoms with van der Waals surface area (Å²) < 4.78 is 6.02. The second-order valence-corrected chi connectivity index (χ2v) is 7.12. The number of aromatic hydroxyl groups is 1. The summed E-state index contributed by atoms with van der Waals surface area (Å²) in [7, 11) is 0. The first kappa shape index (κ1) is 21.5. The maximum absolute atomic E-state index is 12.3. The molecule has 0 heterocycles. The molecule has 0 radical (unpaired) electrons. The van der Waals surface area contributed by atoms with Crippen molar-refractivity contribution in [3.05, 3.63) is 112 Å². The van der Waals surface area contributed by atoms with Crippen molar-refractivity contribution in [1.82, 2.24) is 5.43 Å². The standard InChI is InChI=1S/C25H19N3O5/c29-23-13-12-20(28(31)32)14-22(23)25(30)27-26-15-18-7-2-4-11-24(18)33-16-19-9-5-8-17-6-1-3-10-21(17)19/h1-15,29H,16H2,(H,27,30)/b26-15+. The van der Waals surface area contributed by atoms with Crippen LogP contribution in [0.1, 0.15) is 21.5 Å². The van der Waals surface area contributed by atoms with Crippen LogP contribution in [0.4, 0.5) is 5.69 Å². The zero-order valence-corrected chi connectivity index (χ0v) is 17.3. The smallest absolute Gasteiger partial charge is 0.275 e. The number of nitro benzene ring substituents is 1. The number of hydrogen-bond acceptors (Lipinski definition) is 6. The summed E-state index contributed by atoms with van der Waals surface area (Å²) in [5, 5.41) is 26.9. The van der Waals surface area contributed by atoms with Crippen molar-refractivity contribution >= 4 is 28.6 Å². The summed E-state index contributed by atoms with van der Waals surface area (Å²) >= 11 is 0. The zero-order chi connectivity index (χ0) is 23.2. The average Bonchev–Trinajstić information content (AvgIpc) is 2.83. The molecule has 164 valence electrons. The molecule has 33 heavy (non-hydrogen) atoms. The number of fused-ring (bicyclic) bond motifs is 1. The third-order valence-corrected chi connectivity index (χ3v) is 4.99. The van der Waals surface area contributed by atoms with E-state index >= 15 is 0 Å². The first-order valence-corrected chi connectivity index (χ1v) is 10.0. The molecular weight excluding hydrogens is 422 g/mol. The van der Waals surface area contributed by atoms with E-state index in [-0.39, 0.29) is 17.0 Å². The lowest BCUT2D eigenvalue weighted by Crippen LogP contribution is -2.18. The predicted molar refractivity (Wildman–Crippen MR) is 125 cm³/mol. The highest BCUT2D eigenvalue weighted by Gasteiger charge is 2.16. The fraction of sp³-hybridized carbons (Fsp3) is 0.0400. The molecule has 0 unspecified atom stereocenters. The summed E-state index contributed by atoms with van der Waals surface area (Å²) in [6.45, 7) is 0.347. The van der Waals surface area contributed by atoms with E-state index in [1.807, 2.05) is 48.5 Å². The topological polar surface area (TPSA) is 114 Å². The molecule has 0 bridgehead atoms. The monoisotopic (exact) mass is 441 g/mol. The van der Waals surface area contributed by atoms with Crippen LogP contribution in [-0.2, 0) is 6.61 Å². The van der Waals surface area contributed by atoms with Gasteiger partial charge in [0.15, 0.2) is 0 Å². The van der Waals surface area contributed by atoms with Gasteiger partial charge in [0.2, 0.25) is 0 Å². The Balaban J connectivity index is 1.47. The van der Waals surface area contributed by atoms with Gasteiger partial charge in [-0.3, -0.25) is 14.9 Å². The number of rotatable bonds is 7. The molecule has 0 saturated carbocycles. The Hall–Kier alpha value is -4.72. The van der Waals surface area contributed by atoms with Crippen LogP contribution in [-0.4, -0.2) is 22.2 Å². The number of benzene rings is 4. The van der Waals surface area contributed by atoms with Crippen molar-refractivity contribution in [3.8, 4) is 11.5 Å². The molecule has 0 aliphatic carbocycles. The zero-order valence-electron chi connectivity index (χ0n) is 17.3. The number of nitrogens with zero attached hydrogens (tertiary/aromatic N) is 2. The molecule has 4 aromatic rings. The lowest BCUT2D eigenvalue weighted by Gasteiger charge is -2.11. The van der Waals surface area contributed by atoms with Crippen LogP contribution in [0.2, 0.25) is 0 Å². The van der Waals surface area contributed by atoms with Crippen LogP contribution in [0.5, 0.6) is 11.5 Å². The van der Waals surface area contributed by atoms with Crippen LogP contribution >= 0.6 is 0 Å². The Morgan fingerprint density at radius 3 is 2.64 bits per heavy atom. The van der Waals surface area contributed by atoms with E-state index in [1.165, 1.54) is 6.21 Å². The number of hydrogen-bond donors (Lipinski definition) is 2. The van der Waals surface area contributed by atoms with E-state index in [0.29, 0.717) is 17.9 Å². The molecule has 8 nitrogen and oxygen atoms in total. The molecule has 2 N–H and O–H groups in total. The summed E-state index contributed by atoms with van der Waals surface area (Å²) in [5.41, 5.74) is 3.38. The van der Waals surface area contributed by atoms with Gasteiger partial charge in [-0.2, -0.15) is 5.10 Å². The second kappa shape index (κ2) is 9.61. The third kappa shape index (κ3) is 4.96. The molecule has 0 fully saturated rings. The summed E-state index contributed by atoms with van der Waals surface area (Å²) in [6, 6.07) is 24.5. The lowest BCUT2D eigenvalue weighted by atomic mass is 10.1. The van der Waals surface area contributed by atoms with E-state index in [4.69, 9.17) is 4.74 Å².